The fraction of sp³-hybridized carbons (Fsp3) is 0.154. The molecule has 1 N–H and O–H groups in total. The van der Waals surface area contributed by atoms with Crippen molar-refractivity contribution >= 4 is 46.0 Å². The molecule has 0 spiro atoms. The van der Waals surface area contributed by atoms with E-state index in [1.165, 1.54) is 4.90 Å². The van der Waals surface area contributed by atoms with Crippen LogP contribution in [0.3, 0.4) is 0 Å². The topological polar surface area (TPSA) is 121 Å². The number of carbonyl (C=O) groups is 2. The summed E-state index contributed by atoms with van der Waals surface area (Å²) in [5.74, 6) is -0.688. The van der Waals surface area contributed by atoms with Crippen molar-refractivity contribution in [3.05, 3.63) is 89.5 Å². The molecule has 10 heteroatoms. The van der Waals surface area contributed by atoms with Gasteiger partial charge < -0.3 is 15.1 Å². The van der Waals surface area contributed by atoms with Gasteiger partial charge in [-0.15, -0.1) is 0 Å². The van der Waals surface area contributed by atoms with E-state index in [0.29, 0.717) is 33.6 Å². The Balaban J connectivity index is 1.37. The first-order chi connectivity index (χ1) is 17.6. The molecule has 0 unspecified atom stereocenters. The van der Waals surface area contributed by atoms with Crippen LogP contribution in [0.1, 0.15) is 27.9 Å². The minimum absolute atomic E-state index is 0.147. The number of fused-ring (bicyclic) bond motifs is 1. The summed E-state index contributed by atoms with van der Waals surface area (Å²) in [6.07, 6.45) is 0.230. The first-order valence-electron chi connectivity index (χ1n) is 11.2. The molecular weight excluding hydrogens is 476 g/mol. The van der Waals surface area contributed by atoms with E-state index in [2.05, 4.69) is 19.2 Å². The third kappa shape index (κ3) is 4.92. The molecule has 0 aliphatic carbocycles. The first-order valence-corrected chi connectivity index (χ1v) is 11.9. The number of hydrogen-bond acceptors (Lipinski definition) is 8. The van der Waals surface area contributed by atoms with Crippen molar-refractivity contribution in [1.29, 1.82) is 5.26 Å². The second-order valence-electron chi connectivity index (χ2n) is 8.19. The van der Waals surface area contributed by atoms with E-state index in [1.807, 2.05) is 42.5 Å². The van der Waals surface area contributed by atoms with Gasteiger partial charge in [0.1, 0.15) is 23.7 Å². The van der Waals surface area contributed by atoms with Gasteiger partial charge in [0.05, 0.1) is 41.3 Å². The van der Waals surface area contributed by atoms with Gasteiger partial charge in [0, 0.05) is 12.0 Å². The molecule has 178 valence electrons. The minimum Gasteiger partial charge on any atom is -0.391 e. The molecule has 2 heterocycles. The number of anilines is 1. The quantitative estimate of drug-likeness (QED) is 0.403. The average molecular weight is 497 g/mol. The molecule has 1 aromatic heterocycles. The normalized spacial score (nSPS) is 16.1. The number of rotatable bonds is 6. The molecule has 4 aromatic rings. The molecular formula is C26H20N6O3S. The molecule has 1 saturated heterocycles. The molecule has 0 saturated carbocycles. The first kappa shape index (κ1) is 23.1. The van der Waals surface area contributed by atoms with Crippen molar-refractivity contribution < 1.29 is 14.4 Å². The van der Waals surface area contributed by atoms with Gasteiger partial charge in [-0.2, -0.15) is 14.0 Å². The summed E-state index contributed by atoms with van der Waals surface area (Å²) in [6.45, 7) is 0.428. The molecule has 36 heavy (non-hydrogen) atoms. The van der Waals surface area contributed by atoms with Gasteiger partial charge in [-0.1, -0.05) is 41.6 Å². The summed E-state index contributed by atoms with van der Waals surface area (Å²) >= 11 is 1.07. The predicted molar refractivity (Wildman–Crippen MR) is 135 cm³/mol. The van der Waals surface area contributed by atoms with E-state index in [-0.39, 0.29) is 31.4 Å². The van der Waals surface area contributed by atoms with E-state index in [0.717, 1.165) is 17.3 Å². The van der Waals surface area contributed by atoms with Crippen LogP contribution >= 0.6 is 11.7 Å². The molecule has 1 atom stereocenters. The maximum Gasteiger partial charge on any atom is 0.254 e. The highest BCUT2D eigenvalue weighted by atomic mass is 32.1. The Morgan fingerprint density at radius 3 is 2.67 bits per heavy atom. The third-order valence-electron chi connectivity index (χ3n) is 5.79. The number of hydrogen-bond donors (Lipinski definition) is 1. The van der Waals surface area contributed by atoms with Gasteiger partial charge in [-0.3, -0.25) is 9.59 Å². The molecule has 3 aromatic carbocycles. The predicted octanol–water partition coefficient (Wildman–Crippen LogP) is 3.99. The van der Waals surface area contributed by atoms with Crippen LogP contribution in [-0.2, 0) is 16.2 Å². The van der Waals surface area contributed by atoms with Gasteiger partial charge in [0.2, 0.25) is 5.91 Å². The van der Waals surface area contributed by atoms with Crippen LogP contribution in [0.25, 0.3) is 11.0 Å². The maximum atomic E-state index is 13.4. The summed E-state index contributed by atoms with van der Waals surface area (Å²) in [7, 11) is 0. The zero-order valence-electron chi connectivity index (χ0n) is 19.0. The highest BCUT2D eigenvalue weighted by Gasteiger charge is 2.38. The number of nitriles is 1. The lowest BCUT2D eigenvalue weighted by molar-refractivity contribution is -0.119. The number of nitrogens with one attached hydrogen (secondary N) is 1. The van der Waals surface area contributed by atoms with Crippen molar-refractivity contribution in [1.82, 2.24) is 13.6 Å². The van der Waals surface area contributed by atoms with Crippen molar-refractivity contribution in [2.75, 3.05) is 11.9 Å². The molecule has 2 amide bonds. The number of nitrogens with zero attached hydrogens (tertiary/aromatic N) is 5. The highest BCUT2D eigenvalue weighted by molar-refractivity contribution is 7.00. The van der Waals surface area contributed by atoms with Crippen LogP contribution in [0.5, 0.6) is 0 Å². The number of oxime groups is 1. The summed E-state index contributed by atoms with van der Waals surface area (Å²) in [6, 6.07) is 22.5. The number of benzene rings is 3. The third-order valence-corrected chi connectivity index (χ3v) is 6.34. The van der Waals surface area contributed by atoms with Gasteiger partial charge in [0.25, 0.3) is 5.91 Å². The Bertz CT molecular complexity index is 1480. The lowest BCUT2D eigenvalue weighted by Crippen LogP contribution is -2.43. The number of aromatic nitrogens is 2. The van der Waals surface area contributed by atoms with E-state index in [1.54, 1.807) is 36.4 Å². The Morgan fingerprint density at radius 2 is 1.89 bits per heavy atom. The van der Waals surface area contributed by atoms with Crippen LogP contribution < -0.4 is 5.32 Å². The van der Waals surface area contributed by atoms with Crippen molar-refractivity contribution in [2.24, 2.45) is 5.16 Å². The number of amides is 2. The fourth-order valence-corrected chi connectivity index (χ4v) is 4.52. The summed E-state index contributed by atoms with van der Waals surface area (Å²) in [4.78, 5) is 33.8. The second kappa shape index (κ2) is 10.3. The van der Waals surface area contributed by atoms with Gasteiger partial charge >= 0.3 is 0 Å². The van der Waals surface area contributed by atoms with Crippen molar-refractivity contribution in [3.63, 3.8) is 0 Å². The maximum absolute atomic E-state index is 13.4. The Hall–Kier alpha value is -4.62. The van der Waals surface area contributed by atoms with E-state index in [9.17, 15) is 9.59 Å². The Kier molecular flexibility index (Phi) is 6.64. The van der Waals surface area contributed by atoms with Crippen molar-refractivity contribution in [2.45, 2.75) is 19.1 Å². The molecule has 1 fully saturated rings. The molecule has 9 nitrogen and oxygen atoms in total. The van der Waals surface area contributed by atoms with Crippen LogP contribution in [0.4, 0.5) is 5.69 Å². The van der Waals surface area contributed by atoms with Crippen LogP contribution in [0, 0.1) is 11.3 Å². The smallest absolute Gasteiger partial charge is 0.254 e. The van der Waals surface area contributed by atoms with Crippen LogP contribution in [-0.4, -0.2) is 43.8 Å². The van der Waals surface area contributed by atoms with E-state index < -0.39 is 6.04 Å². The van der Waals surface area contributed by atoms with Crippen LogP contribution in [0.2, 0.25) is 0 Å². The SMILES string of the molecule is N#Cc1ccc(C(=O)N2CC(=NOCc3ccccc3)C[C@H]2C(=O)Nc2cccc3nsnc23)cc1. The fourth-order valence-electron chi connectivity index (χ4n) is 3.97. The lowest BCUT2D eigenvalue weighted by Gasteiger charge is -2.23. The van der Waals surface area contributed by atoms with Gasteiger partial charge in [-0.25, -0.2) is 0 Å². The van der Waals surface area contributed by atoms with Crippen molar-refractivity contribution in [3.8, 4) is 6.07 Å². The largest absolute Gasteiger partial charge is 0.391 e. The zero-order chi connectivity index (χ0) is 24.9. The molecule has 1 aliphatic heterocycles. The Morgan fingerprint density at radius 1 is 1.08 bits per heavy atom. The van der Waals surface area contributed by atoms with E-state index >= 15 is 0 Å². The molecule has 1 aliphatic rings. The second-order valence-corrected chi connectivity index (χ2v) is 8.71. The summed E-state index contributed by atoms with van der Waals surface area (Å²) < 4.78 is 8.47. The van der Waals surface area contributed by atoms with Crippen LogP contribution in [0.15, 0.2) is 78.0 Å². The number of carbonyl (C=O) groups excluding carboxylic acids is 2. The van der Waals surface area contributed by atoms with E-state index in [4.69, 9.17) is 10.1 Å². The molecule has 5 rings (SSSR count). The standard InChI is InChI=1S/C26H20N6O3S/c27-14-17-9-11-19(12-10-17)26(34)32-15-20(29-35-16-18-5-2-1-3-6-18)13-23(32)25(33)28-21-7-4-8-22-24(21)31-36-30-22/h1-12,23H,13,15-16H2,(H,28,33)/t23-/m0/s1. The Labute approximate surface area is 210 Å². The highest BCUT2D eigenvalue weighted by Crippen LogP contribution is 2.25. The van der Waals surface area contributed by atoms with Gasteiger partial charge in [-0.05, 0) is 42.0 Å². The molecule has 0 bridgehead atoms. The minimum atomic E-state index is -0.797. The lowest BCUT2D eigenvalue weighted by atomic mass is 10.1. The summed E-state index contributed by atoms with van der Waals surface area (Å²) in [5, 5.41) is 16.2. The monoisotopic (exact) mass is 496 g/mol. The number of likely N-dealkylation sites (tertiary alicyclic amines) is 1. The molecule has 0 radical (unpaired) electrons. The average Bonchev–Trinajstić information content (AvgIpc) is 3.57. The van der Waals surface area contributed by atoms with Gasteiger partial charge in [0.15, 0.2) is 0 Å². The summed E-state index contributed by atoms with van der Waals surface area (Å²) in [5.41, 5.74) is 4.19. The zero-order valence-corrected chi connectivity index (χ0v) is 19.8.